The topological polar surface area (TPSA) is 0 Å². The number of halogens is 1. The van der Waals surface area contributed by atoms with Gasteiger partial charge in [-0.15, -0.1) is 11.6 Å². The van der Waals surface area contributed by atoms with Crippen molar-refractivity contribution in [3.05, 3.63) is 22.8 Å². The first-order valence-electron chi connectivity index (χ1n) is 6.20. The number of alkyl halides is 1. The first kappa shape index (κ1) is 15.0. The van der Waals surface area contributed by atoms with Crippen LogP contribution in [0.25, 0.3) is 0 Å². The quantitative estimate of drug-likeness (QED) is 0.574. The minimum absolute atomic E-state index is 0.299. The van der Waals surface area contributed by atoms with E-state index in [9.17, 15) is 0 Å². The van der Waals surface area contributed by atoms with Gasteiger partial charge >= 0.3 is 0 Å². The van der Waals surface area contributed by atoms with Crippen molar-refractivity contribution in [1.82, 2.24) is 0 Å². The monoisotopic (exact) mass is 279 g/mol. The Balaban J connectivity index is 2.85. The van der Waals surface area contributed by atoms with Crippen LogP contribution in [0.3, 0.4) is 0 Å². The zero-order chi connectivity index (χ0) is 13.0. The van der Waals surface area contributed by atoms with Crippen LogP contribution in [0.4, 0.5) is 0 Å². The fraction of sp³-hybridized carbons (Fsp3) is 0.571. The van der Waals surface area contributed by atoms with Gasteiger partial charge < -0.3 is 0 Å². The fourth-order valence-corrected chi connectivity index (χ4v) is 4.01. The Labute approximate surface area is 116 Å². The van der Waals surface area contributed by atoms with Crippen LogP contribution in [-0.2, 0) is 0 Å². The van der Waals surface area contributed by atoms with Crippen molar-refractivity contribution >= 4 is 41.7 Å². The summed E-state index contributed by atoms with van der Waals surface area (Å²) in [5.41, 5.74) is 4.05. The van der Waals surface area contributed by atoms with Crippen molar-refractivity contribution in [3.8, 4) is 0 Å². The van der Waals surface area contributed by atoms with Crippen molar-refractivity contribution in [2.45, 2.75) is 52.0 Å². The normalized spacial score (nSPS) is 12.8. The number of aryl methyl sites for hydroxylation is 1. The van der Waals surface area contributed by atoms with Crippen LogP contribution < -0.4 is 10.4 Å². The third-order valence-electron chi connectivity index (χ3n) is 3.22. The molecule has 0 N–H and O–H groups in total. The molecule has 5 radical (unpaired) electrons. The van der Waals surface area contributed by atoms with Gasteiger partial charge in [-0.1, -0.05) is 41.8 Å². The maximum Gasteiger partial charge on any atom is 0.104 e. The Morgan fingerprint density at radius 2 is 1.94 bits per heavy atom. The number of rotatable bonds is 5. The molecular weight excluding hydrogens is 260 g/mol. The van der Waals surface area contributed by atoms with E-state index in [0.717, 1.165) is 15.9 Å². The zero-order valence-electron chi connectivity index (χ0n) is 11.2. The van der Waals surface area contributed by atoms with Crippen molar-refractivity contribution in [2.24, 2.45) is 0 Å². The van der Waals surface area contributed by atoms with Gasteiger partial charge in [-0.3, -0.25) is 0 Å². The van der Waals surface area contributed by atoms with Crippen LogP contribution in [0.1, 0.15) is 42.9 Å². The van der Waals surface area contributed by atoms with Gasteiger partial charge in [0.05, 0.1) is 10.2 Å². The minimum atomic E-state index is 0.299. The minimum Gasteiger partial charge on any atom is -0.127 e. The molecule has 1 aromatic rings. The van der Waals surface area contributed by atoms with Gasteiger partial charge in [0.15, 0.2) is 0 Å². The van der Waals surface area contributed by atoms with Gasteiger partial charge in [-0.05, 0) is 38.3 Å². The SMILES string of the molecule is CCCCC(Cl)[Si]c1cc(C)c([Si])c(C)c1C. The molecule has 0 aromatic heterocycles. The van der Waals surface area contributed by atoms with E-state index in [-0.39, 0.29) is 0 Å². The summed E-state index contributed by atoms with van der Waals surface area (Å²) in [4.78, 5) is 0. The van der Waals surface area contributed by atoms with Gasteiger partial charge in [0, 0.05) is 5.00 Å². The van der Waals surface area contributed by atoms with E-state index in [4.69, 9.17) is 11.6 Å². The molecular formula is C14H20ClSi2. The van der Waals surface area contributed by atoms with Gasteiger partial charge in [0.2, 0.25) is 0 Å². The second-order valence-corrected chi connectivity index (χ2v) is 7.54. The average molecular weight is 280 g/mol. The Bertz CT molecular complexity index is 388. The molecule has 17 heavy (non-hydrogen) atoms. The van der Waals surface area contributed by atoms with Gasteiger partial charge in [-0.2, -0.15) is 0 Å². The second kappa shape index (κ2) is 6.76. The molecule has 0 nitrogen and oxygen atoms in total. The van der Waals surface area contributed by atoms with E-state index < -0.39 is 0 Å². The first-order valence-corrected chi connectivity index (χ1v) is 8.21. The number of benzene rings is 1. The lowest BCUT2D eigenvalue weighted by atomic mass is 10.1. The van der Waals surface area contributed by atoms with Crippen molar-refractivity contribution in [3.63, 3.8) is 0 Å². The maximum atomic E-state index is 6.41. The molecule has 0 heterocycles. The molecule has 0 fully saturated rings. The zero-order valence-corrected chi connectivity index (χ0v) is 13.9. The predicted molar refractivity (Wildman–Crippen MR) is 80.6 cm³/mol. The van der Waals surface area contributed by atoms with E-state index in [0.29, 0.717) is 5.00 Å². The van der Waals surface area contributed by atoms with Gasteiger partial charge in [0.1, 0.15) is 9.52 Å². The highest BCUT2D eigenvalue weighted by atomic mass is 35.5. The molecule has 3 heteroatoms. The molecule has 0 saturated heterocycles. The van der Waals surface area contributed by atoms with Crippen molar-refractivity contribution in [2.75, 3.05) is 0 Å². The Hall–Kier alpha value is -0.0562. The summed E-state index contributed by atoms with van der Waals surface area (Å²) in [5.74, 6) is 0. The largest absolute Gasteiger partial charge is 0.127 e. The molecule has 1 unspecified atom stereocenters. The van der Waals surface area contributed by atoms with Crippen LogP contribution in [0.5, 0.6) is 0 Å². The predicted octanol–water partition coefficient (Wildman–Crippen LogP) is 2.49. The summed E-state index contributed by atoms with van der Waals surface area (Å²) < 4.78 is 0. The lowest BCUT2D eigenvalue weighted by Crippen LogP contribution is -2.31. The van der Waals surface area contributed by atoms with Crippen molar-refractivity contribution in [1.29, 1.82) is 0 Å². The van der Waals surface area contributed by atoms with Crippen molar-refractivity contribution < 1.29 is 0 Å². The lowest BCUT2D eigenvalue weighted by Gasteiger charge is -2.16. The standard InChI is InChI=1S/C14H20ClSi2/c1-5-6-7-13(15)17-12-8-9(2)14(16)11(4)10(12)3/h8,13H,5-7H2,1-4H3. The third-order valence-corrected chi connectivity index (χ3v) is 5.97. The van der Waals surface area contributed by atoms with E-state index in [1.165, 1.54) is 39.9 Å². The van der Waals surface area contributed by atoms with E-state index in [1.54, 1.807) is 0 Å². The van der Waals surface area contributed by atoms with E-state index in [1.807, 2.05) is 0 Å². The molecule has 1 rings (SSSR count). The summed E-state index contributed by atoms with van der Waals surface area (Å²) in [6, 6.07) is 2.28. The highest BCUT2D eigenvalue weighted by molar-refractivity contribution is 6.65. The smallest absolute Gasteiger partial charge is 0.104 e. The van der Waals surface area contributed by atoms with Crippen LogP contribution in [0.15, 0.2) is 6.07 Å². The number of unbranched alkanes of at least 4 members (excludes halogenated alkanes) is 1. The first-order chi connectivity index (χ1) is 7.97. The van der Waals surface area contributed by atoms with Gasteiger partial charge in [0.25, 0.3) is 0 Å². The second-order valence-electron chi connectivity index (χ2n) is 4.62. The summed E-state index contributed by atoms with van der Waals surface area (Å²) >= 11 is 6.41. The molecule has 1 aromatic carbocycles. The van der Waals surface area contributed by atoms with Crippen LogP contribution in [0, 0.1) is 20.8 Å². The molecule has 1 atom stereocenters. The summed E-state index contributed by atoms with van der Waals surface area (Å²) in [5, 5.41) is 2.96. The summed E-state index contributed by atoms with van der Waals surface area (Å²) in [7, 11) is 4.42. The molecule has 91 valence electrons. The average Bonchev–Trinajstić information content (AvgIpc) is 2.30. The number of hydrogen-bond acceptors (Lipinski definition) is 0. The summed E-state index contributed by atoms with van der Waals surface area (Å²) in [6.45, 7) is 8.74. The maximum absolute atomic E-state index is 6.41. The van der Waals surface area contributed by atoms with Crippen LogP contribution in [0.2, 0.25) is 0 Å². The lowest BCUT2D eigenvalue weighted by molar-refractivity contribution is 0.754. The summed E-state index contributed by atoms with van der Waals surface area (Å²) in [6.07, 6.45) is 3.59. The van der Waals surface area contributed by atoms with E-state index in [2.05, 4.69) is 44.0 Å². The molecule has 0 spiro atoms. The fourth-order valence-electron chi connectivity index (χ4n) is 1.86. The Morgan fingerprint density at radius 3 is 2.53 bits per heavy atom. The Morgan fingerprint density at radius 1 is 1.29 bits per heavy atom. The van der Waals surface area contributed by atoms with Crippen LogP contribution in [-0.4, -0.2) is 24.8 Å². The van der Waals surface area contributed by atoms with Gasteiger partial charge in [-0.25, -0.2) is 0 Å². The molecule has 0 bridgehead atoms. The third kappa shape index (κ3) is 3.97. The molecule has 0 saturated carbocycles. The molecule has 0 aliphatic carbocycles. The van der Waals surface area contributed by atoms with E-state index >= 15 is 0 Å². The van der Waals surface area contributed by atoms with Crippen LogP contribution >= 0.6 is 11.6 Å². The highest BCUT2D eigenvalue weighted by Gasteiger charge is 2.12. The highest BCUT2D eigenvalue weighted by Crippen LogP contribution is 2.09. The molecule has 0 aliphatic heterocycles. The number of hydrogen-bond donors (Lipinski definition) is 0. The molecule has 0 amide bonds. The Kier molecular flexibility index (Phi) is 5.97. The molecule has 0 aliphatic rings.